The van der Waals surface area contributed by atoms with Crippen LogP contribution in [0, 0.1) is 20.8 Å². The summed E-state index contributed by atoms with van der Waals surface area (Å²) in [4.78, 5) is 12.8. The molecule has 1 aliphatic heterocycles. The van der Waals surface area contributed by atoms with Crippen LogP contribution in [0.3, 0.4) is 0 Å². The van der Waals surface area contributed by atoms with Crippen LogP contribution in [0.15, 0.2) is 23.2 Å². The maximum absolute atomic E-state index is 5.54. The Labute approximate surface area is 143 Å². The zero-order valence-electron chi connectivity index (χ0n) is 14.2. The van der Waals surface area contributed by atoms with Gasteiger partial charge in [0.05, 0.1) is 33.4 Å². The lowest BCUT2D eigenvalue weighted by molar-refractivity contribution is 0.412. The highest BCUT2D eigenvalue weighted by Gasteiger charge is 2.08. The van der Waals surface area contributed by atoms with E-state index >= 15 is 0 Å². The van der Waals surface area contributed by atoms with Gasteiger partial charge in [-0.15, -0.1) is 11.3 Å². The Morgan fingerprint density at radius 2 is 1.96 bits per heavy atom. The molecule has 0 unspecified atom stereocenters. The fourth-order valence-electron chi connectivity index (χ4n) is 3.04. The van der Waals surface area contributed by atoms with Crippen LogP contribution in [0.25, 0.3) is 17.8 Å². The normalized spacial score (nSPS) is 16.1. The second kappa shape index (κ2) is 5.53. The van der Waals surface area contributed by atoms with Crippen molar-refractivity contribution in [3.63, 3.8) is 0 Å². The van der Waals surface area contributed by atoms with Gasteiger partial charge in [-0.1, -0.05) is 0 Å². The van der Waals surface area contributed by atoms with Crippen molar-refractivity contribution in [1.29, 1.82) is 0 Å². The van der Waals surface area contributed by atoms with Crippen LogP contribution in [0.1, 0.15) is 21.8 Å². The van der Waals surface area contributed by atoms with Crippen molar-refractivity contribution < 1.29 is 4.74 Å². The van der Waals surface area contributed by atoms with Crippen molar-refractivity contribution in [3.05, 3.63) is 60.6 Å². The number of aryl methyl sites for hydroxylation is 3. The van der Waals surface area contributed by atoms with E-state index in [1.165, 1.54) is 15.0 Å². The lowest BCUT2D eigenvalue weighted by Gasteiger charge is -1.94. The van der Waals surface area contributed by atoms with Crippen LogP contribution < -0.4 is 25.3 Å². The highest BCUT2D eigenvalue weighted by Crippen LogP contribution is 2.11. The molecular weight excluding hydrogens is 318 g/mol. The summed E-state index contributed by atoms with van der Waals surface area (Å²) in [7, 11) is 1.69. The van der Waals surface area contributed by atoms with Crippen molar-refractivity contribution in [1.82, 2.24) is 9.97 Å². The Morgan fingerprint density at radius 3 is 2.62 bits per heavy atom. The molecular formula is C19H19N3OS. The molecule has 4 nitrogen and oxygen atoms in total. The first-order chi connectivity index (χ1) is 11.5. The number of aromatic amines is 2. The number of nitrogens with zero attached hydrogens (tertiary/aromatic N) is 1. The molecule has 0 atom stereocenters. The third-order valence-electron chi connectivity index (χ3n) is 4.16. The Hall–Kier alpha value is -2.53. The van der Waals surface area contributed by atoms with Gasteiger partial charge in [-0.05, 0) is 50.6 Å². The molecule has 4 rings (SSSR count). The van der Waals surface area contributed by atoms with Crippen LogP contribution in [0.4, 0.5) is 0 Å². The highest BCUT2D eigenvalue weighted by atomic mass is 32.1. The Balaban J connectivity index is 1.90. The van der Waals surface area contributed by atoms with Gasteiger partial charge in [-0.2, -0.15) is 0 Å². The predicted octanol–water partition coefficient (Wildman–Crippen LogP) is 1.39. The molecule has 2 N–H and O–H groups in total. The van der Waals surface area contributed by atoms with Crippen LogP contribution in [0.5, 0.6) is 5.75 Å². The van der Waals surface area contributed by atoms with Gasteiger partial charge in [0.1, 0.15) is 5.75 Å². The minimum absolute atomic E-state index is 0.819. The zero-order valence-corrected chi connectivity index (χ0v) is 15.0. The van der Waals surface area contributed by atoms with Gasteiger partial charge in [0.25, 0.3) is 0 Å². The number of thiophene rings is 1. The van der Waals surface area contributed by atoms with Gasteiger partial charge >= 0.3 is 0 Å². The summed E-state index contributed by atoms with van der Waals surface area (Å²) in [6.45, 7) is 6.27. The first-order valence-corrected chi connectivity index (χ1v) is 8.67. The molecule has 0 bridgehead atoms. The standard InChI is InChI=1S/C19H19N3OS/c1-10-5-11(2)20-13(10)7-16-18(23-4)8-14(21-16)15-9-19-17(22-15)6-12(3)24-19/h5-9,20-21H,1-4H3/b15-14?,16-7-. The van der Waals surface area contributed by atoms with Gasteiger partial charge in [0, 0.05) is 22.3 Å². The molecule has 0 spiro atoms. The molecule has 0 radical (unpaired) electrons. The number of hydrogen-bond acceptors (Lipinski definition) is 3. The van der Waals surface area contributed by atoms with Crippen molar-refractivity contribution in [2.45, 2.75) is 20.8 Å². The van der Waals surface area contributed by atoms with E-state index in [1.807, 2.05) is 6.07 Å². The van der Waals surface area contributed by atoms with E-state index in [1.54, 1.807) is 18.4 Å². The van der Waals surface area contributed by atoms with Gasteiger partial charge in [0.2, 0.25) is 0 Å². The number of aromatic nitrogens is 2. The quantitative estimate of drug-likeness (QED) is 0.729. The molecule has 0 aliphatic carbocycles. The number of hydrogen-bond donors (Lipinski definition) is 2. The number of methoxy groups -OCH3 is 1. The Morgan fingerprint density at radius 1 is 1.12 bits per heavy atom. The fraction of sp³-hybridized carbons (Fsp3) is 0.211. The second-order valence-corrected chi connectivity index (χ2v) is 7.39. The van der Waals surface area contributed by atoms with Gasteiger partial charge in [-0.25, -0.2) is 4.99 Å². The molecule has 122 valence electrons. The van der Waals surface area contributed by atoms with Crippen LogP contribution in [-0.2, 0) is 0 Å². The first-order valence-electron chi connectivity index (χ1n) is 7.85. The average Bonchev–Trinajstić information content (AvgIpc) is 3.23. The Bertz CT molecular complexity index is 1140. The highest BCUT2D eigenvalue weighted by molar-refractivity contribution is 7.09. The van der Waals surface area contributed by atoms with E-state index in [0.29, 0.717) is 0 Å². The summed E-state index contributed by atoms with van der Waals surface area (Å²) >= 11 is 1.77. The topological polar surface area (TPSA) is 53.2 Å². The summed E-state index contributed by atoms with van der Waals surface area (Å²) in [5.41, 5.74) is 4.41. The monoisotopic (exact) mass is 337 g/mol. The lowest BCUT2D eigenvalue weighted by Crippen LogP contribution is -2.12. The number of H-pyrrole nitrogens is 2. The summed E-state index contributed by atoms with van der Waals surface area (Å²) in [6.07, 6.45) is 4.21. The molecule has 0 fully saturated rings. The minimum Gasteiger partial charge on any atom is -0.494 e. The number of nitrogens with one attached hydrogen (secondary N) is 2. The zero-order chi connectivity index (χ0) is 16.8. The van der Waals surface area contributed by atoms with Crippen LogP contribution in [-0.4, -0.2) is 17.1 Å². The molecule has 4 heterocycles. The smallest absolute Gasteiger partial charge is 0.144 e. The molecule has 0 saturated heterocycles. The number of rotatable bonds is 2. The molecule has 5 heteroatoms. The fourth-order valence-corrected chi connectivity index (χ4v) is 3.94. The van der Waals surface area contributed by atoms with Crippen molar-refractivity contribution in [2.75, 3.05) is 7.11 Å². The molecule has 3 aromatic rings. The second-order valence-electron chi connectivity index (χ2n) is 6.11. The largest absolute Gasteiger partial charge is 0.494 e. The van der Waals surface area contributed by atoms with E-state index in [9.17, 15) is 0 Å². The van der Waals surface area contributed by atoms with Crippen molar-refractivity contribution >= 4 is 29.2 Å². The first kappa shape index (κ1) is 15.0. The Kier molecular flexibility index (Phi) is 3.46. The maximum atomic E-state index is 5.54. The number of ether oxygens (including phenoxy) is 1. The van der Waals surface area contributed by atoms with E-state index in [-0.39, 0.29) is 0 Å². The molecule has 24 heavy (non-hydrogen) atoms. The van der Waals surface area contributed by atoms with Crippen LogP contribution >= 0.6 is 11.3 Å². The SMILES string of the molecule is COc1cc(=C2C=c3sc(C)cc3=N2)[nH]/c1=C\c1[nH]c(C)cc1C. The van der Waals surface area contributed by atoms with E-state index in [2.05, 4.69) is 55.0 Å². The third-order valence-corrected chi connectivity index (χ3v) is 5.14. The van der Waals surface area contributed by atoms with E-state index in [0.717, 1.165) is 38.9 Å². The third kappa shape index (κ3) is 2.51. The average molecular weight is 337 g/mol. The van der Waals surface area contributed by atoms with Crippen molar-refractivity contribution in [3.8, 4) is 5.75 Å². The lowest BCUT2D eigenvalue weighted by atomic mass is 10.2. The van der Waals surface area contributed by atoms with Gasteiger partial charge in [0.15, 0.2) is 0 Å². The molecule has 0 amide bonds. The van der Waals surface area contributed by atoms with Crippen molar-refractivity contribution in [2.24, 2.45) is 4.99 Å². The summed E-state index contributed by atoms with van der Waals surface area (Å²) in [6, 6.07) is 6.27. The predicted molar refractivity (Wildman–Crippen MR) is 98.1 cm³/mol. The molecule has 0 aromatic carbocycles. The summed E-state index contributed by atoms with van der Waals surface area (Å²) < 4.78 is 6.76. The van der Waals surface area contributed by atoms with Crippen LogP contribution in [0.2, 0.25) is 0 Å². The molecule has 3 aromatic heterocycles. The van der Waals surface area contributed by atoms with Gasteiger partial charge < -0.3 is 14.7 Å². The summed E-state index contributed by atoms with van der Waals surface area (Å²) in [5.74, 6) is 0.819. The minimum atomic E-state index is 0.819. The number of fused-ring (bicyclic) bond motifs is 1. The molecule has 1 aliphatic rings. The van der Waals surface area contributed by atoms with E-state index in [4.69, 9.17) is 9.73 Å². The summed E-state index contributed by atoms with van der Waals surface area (Å²) in [5, 5.41) is 2.97. The molecule has 0 saturated carbocycles. The van der Waals surface area contributed by atoms with Gasteiger partial charge in [-0.3, -0.25) is 0 Å². The van der Waals surface area contributed by atoms with E-state index < -0.39 is 0 Å². The maximum Gasteiger partial charge on any atom is 0.144 e.